The minimum atomic E-state index is -0.0612. The fourth-order valence-corrected chi connectivity index (χ4v) is 2.63. The summed E-state index contributed by atoms with van der Waals surface area (Å²) in [7, 11) is 0. The van der Waals surface area contributed by atoms with E-state index in [2.05, 4.69) is 26.7 Å². The number of nitrogens with zero attached hydrogens (tertiary/aromatic N) is 3. The molecule has 4 nitrogen and oxygen atoms in total. The third-order valence-electron chi connectivity index (χ3n) is 3.55. The molecule has 2 aromatic heterocycles. The quantitative estimate of drug-likeness (QED) is 0.729. The van der Waals surface area contributed by atoms with Gasteiger partial charge < -0.3 is 4.74 Å². The number of ether oxygens (including phenoxy) is 1. The van der Waals surface area contributed by atoms with Crippen molar-refractivity contribution < 1.29 is 4.74 Å². The van der Waals surface area contributed by atoms with E-state index >= 15 is 0 Å². The molecule has 1 aliphatic heterocycles. The summed E-state index contributed by atoms with van der Waals surface area (Å²) < 4.78 is 8.19. The van der Waals surface area contributed by atoms with E-state index in [-0.39, 0.29) is 6.10 Å². The van der Waals surface area contributed by atoms with Crippen LogP contribution in [0.5, 0.6) is 0 Å². The smallest absolute Gasteiger partial charge is 0.127 e. The summed E-state index contributed by atoms with van der Waals surface area (Å²) in [5.41, 5.74) is 4.49. The van der Waals surface area contributed by atoms with Crippen LogP contribution in [0.1, 0.15) is 22.9 Å². The molecule has 20 heavy (non-hydrogen) atoms. The zero-order valence-electron chi connectivity index (χ0n) is 10.8. The second-order valence-electron chi connectivity index (χ2n) is 4.80. The molecule has 1 unspecified atom stereocenters. The molecule has 4 rings (SSSR count). The zero-order valence-corrected chi connectivity index (χ0v) is 10.8. The van der Waals surface area contributed by atoms with Gasteiger partial charge in [0, 0.05) is 18.0 Å². The van der Waals surface area contributed by atoms with Crippen LogP contribution in [-0.4, -0.2) is 14.5 Å². The first-order valence-electron chi connectivity index (χ1n) is 6.55. The van der Waals surface area contributed by atoms with E-state index in [9.17, 15) is 0 Å². The van der Waals surface area contributed by atoms with Crippen LogP contribution in [0, 0.1) is 0 Å². The fraction of sp³-hybridized carbons (Fsp3) is 0.125. The Kier molecular flexibility index (Phi) is 2.60. The summed E-state index contributed by atoms with van der Waals surface area (Å²) in [4.78, 5) is 8.33. The van der Waals surface area contributed by atoms with Gasteiger partial charge in [0.1, 0.15) is 6.10 Å². The number of pyridine rings is 1. The van der Waals surface area contributed by atoms with Crippen molar-refractivity contribution in [2.75, 3.05) is 0 Å². The maximum absolute atomic E-state index is 6.10. The maximum Gasteiger partial charge on any atom is 0.127 e. The Morgan fingerprint density at radius 2 is 2.00 bits per heavy atom. The summed E-state index contributed by atoms with van der Waals surface area (Å²) >= 11 is 0. The SMILES string of the molecule is c1cncc(COC2c3ccccc3-n3cncc32)c1. The molecule has 0 saturated carbocycles. The van der Waals surface area contributed by atoms with E-state index in [0.29, 0.717) is 6.61 Å². The van der Waals surface area contributed by atoms with Crippen molar-refractivity contribution in [3.05, 3.63) is 78.1 Å². The van der Waals surface area contributed by atoms with Crippen molar-refractivity contribution in [2.24, 2.45) is 0 Å². The van der Waals surface area contributed by atoms with Crippen LogP contribution >= 0.6 is 0 Å². The minimum absolute atomic E-state index is 0.0612. The van der Waals surface area contributed by atoms with Gasteiger partial charge in [0.2, 0.25) is 0 Å². The van der Waals surface area contributed by atoms with Crippen molar-refractivity contribution in [1.29, 1.82) is 0 Å². The molecule has 1 aromatic carbocycles. The fourth-order valence-electron chi connectivity index (χ4n) is 2.63. The summed E-state index contributed by atoms with van der Waals surface area (Å²) in [5.74, 6) is 0. The average molecular weight is 263 g/mol. The van der Waals surface area contributed by atoms with E-state index in [4.69, 9.17) is 4.74 Å². The molecule has 0 radical (unpaired) electrons. The van der Waals surface area contributed by atoms with Gasteiger partial charge in [-0.2, -0.15) is 0 Å². The molecule has 98 valence electrons. The molecule has 0 saturated heterocycles. The first-order valence-corrected chi connectivity index (χ1v) is 6.55. The molecule has 0 amide bonds. The number of hydrogen-bond acceptors (Lipinski definition) is 3. The molecular weight excluding hydrogens is 250 g/mol. The third kappa shape index (κ3) is 1.73. The Morgan fingerprint density at radius 1 is 1.05 bits per heavy atom. The van der Waals surface area contributed by atoms with Gasteiger partial charge in [0.15, 0.2) is 0 Å². The summed E-state index contributed by atoms with van der Waals surface area (Å²) in [6.07, 6.45) is 7.24. The third-order valence-corrected chi connectivity index (χ3v) is 3.55. The lowest BCUT2D eigenvalue weighted by atomic mass is 10.1. The first kappa shape index (κ1) is 11.4. The van der Waals surface area contributed by atoms with Gasteiger partial charge in [-0.1, -0.05) is 24.3 Å². The molecule has 0 aliphatic carbocycles. The lowest BCUT2D eigenvalue weighted by molar-refractivity contribution is 0.0674. The number of para-hydroxylation sites is 1. The van der Waals surface area contributed by atoms with Gasteiger partial charge in [-0.25, -0.2) is 4.98 Å². The number of hydrogen-bond donors (Lipinski definition) is 0. The summed E-state index contributed by atoms with van der Waals surface area (Å²) in [6.45, 7) is 0.540. The lowest BCUT2D eigenvalue weighted by Gasteiger charge is -2.12. The van der Waals surface area contributed by atoms with Crippen molar-refractivity contribution in [1.82, 2.24) is 14.5 Å². The molecule has 0 fully saturated rings. The predicted octanol–water partition coefficient (Wildman–Crippen LogP) is 2.89. The number of fused-ring (bicyclic) bond motifs is 3. The van der Waals surface area contributed by atoms with Crippen molar-refractivity contribution >= 4 is 0 Å². The van der Waals surface area contributed by atoms with E-state index in [1.54, 1.807) is 6.20 Å². The summed E-state index contributed by atoms with van der Waals surface area (Å²) in [6, 6.07) is 12.2. The molecule has 1 aliphatic rings. The Labute approximate surface area is 116 Å². The number of imidazole rings is 1. The van der Waals surface area contributed by atoms with Gasteiger partial charge in [0.25, 0.3) is 0 Å². The van der Waals surface area contributed by atoms with Crippen LogP contribution in [-0.2, 0) is 11.3 Å². The molecule has 4 heteroatoms. The molecule has 3 aromatic rings. The zero-order chi connectivity index (χ0) is 13.4. The molecule has 0 spiro atoms. The molecule has 0 bridgehead atoms. The van der Waals surface area contributed by atoms with Gasteiger partial charge >= 0.3 is 0 Å². The van der Waals surface area contributed by atoms with Crippen LogP contribution in [0.15, 0.2) is 61.3 Å². The van der Waals surface area contributed by atoms with Crippen LogP contribution in [0.25, 0.3) is 5.69 Å². The molecule has 1 atom stereocenters. The lowest BCUT2D eigenvalue weighted by Crippen LogP contribution is -2.03. The van der Waals surface area contributed by atoms with Crippen LogP contribution in [0.2, 0.25) is 0 Å². The molecular formula is C16H13N3O. The largest absolute Gasteiger partial charge is 0.362 e. The van der Waals surface area contributed by atoms with Crippen molar-refractivity contribution in [3.8, 4) is 5.69 Å². The number of rotatable bonds is 3. The van der Waals surface area contributed by atoms with E-state index < -0.39 is 0 Å². The normalized spacial score (nSPS) is 15.9. The Morgan fingerprint density at radius 3 is 2.90 bits per heavy atom. The second-order valence-corrected chi connectivity index (χ2v) is 4.80. The van der Waals surface area contributed by atoms with Crippen molar-refractivity contribution in [3.63, 3.8) is 0 Å². The monoisotopic (exact) mass is 263 g/mol. The van der Waals surface area contributed by atoms with Gasteiger partial charge in [-0.3, -0.25) is 9.55 Å². The standard InChI is InChI=1S/C16H13N3O/c1-2-6-14-13(5-1)16(15-9-18-11-19(14)15)20-10-12-4-3-7-17-8-12/h1-9,11,16H,10H2. The van der Waals surface area contributed by atoms with Gasteiger partial charge in [-0.05, 0) is 17.7 Å². The first-order chi connectivity index (χ1) is 9.93. The highest BCUT2D eigenvalue weighted by molar-refractivity contribution is 5.51. The molecule has 0 N–H and O–H groups in total. The van der Waals surface area contributed by atoms with Crippen molar-refractivity contribution in [2.45, 2.75) is 12.7 Å². The highest BCUT2D eigenvalue weighted by Gasteiger charge is 2.29. The topological polar surface area (TPSA) is 39.9 Å². The number of aromatic nitrogens is 3. The maximum atomic E-state index is 6.10. The van der Waals surface area contributed by atoms with Gasteiger partial charge in [0.05, 0.1) is 30.5 Å². The summed E-state index contributed by atoms with van der Waals surface area (Å²) in [5, 5.41) is 0. The minimum Gasteiger partial charge on any atom is -0.362 e. The Hall–Kier alpha value is -2.46. The van der Waals surface area contributed by atoms with E-state index in [0.717, 1.165) is 16.9 Å². The highest BCUT2D eigenvalue weighted by Crippen LogP contribution is 2.38. The predicted molar refractivity (Wildman–Crippen MR) is 74.4 cm³/mol. The Balaban J connectivity index is 1.66. The number of benzene rings is 1. The average Bonchev–Trinajstić information content (AvgIpc) is 3.07. The molecule has 3 heterocycles. The van der Waals surface area contributed by atoms with E-state index in [1.165, 1.54) is 5.56 Å². The van der Waals surface area contributed by atoms with E-state index in [1.807, 2.05) is 43.0 Å². The van der Waals surface area contributed by atoms with Crippen LogP contribution in [0.4, 0.5) is 0 Å². The highest BCUT2D eigenvalue weighted by atomic mass is 16.5. The van der Waals surface area contributed by atoms with Crippen LogP contribution < -0.4 is 0 Å². The van der Waals surface area contributed by atoms with Gasteiger partial charge in [-0.15, -0.1) is 0 Å². The van der Waals surface area contributed by atoms with Crippen LogP contribution in [0.3, 0.4) is 0 Å². The second kappa shape index (κ2) is 4.58. The Bertz CT molecular complexity index is 736.